The number of benzene rings is 1. The van der Waals surface area contributed by atoms with E-state index in [1.807, 2.05) is 0 Å². The Morgan fingerprint density at radius 1 is 1.29 bits per heavy atom. The quantitative estimate of drug-likeness (QED) is 0.835. The first-order chi connectivity index (χ1) is 9.32. The van der Waals surface area contributed by atoms with Gasteiger partial charge in [0.05, 0.1) is 4.90 Å². The minimum absolute atomic E-state index is 0. The molecule has 1 atom stereocenters. The third kappa shape index (κ3) is 4.00. The van der Waals surface area contributed by atoms with Crippen molar-refractivity contribution in [3.63, 3.8) is 0 Å². The number of carboxylic acids is 1. The summed E-state index contributed by atoms with van der Waals surface area (Å²) < 4.78 is 26.0. The Morgan fingerprint density at radius 2 is 1.86 bits per heavy atom. The van der Waals surface area contributed by atoms with Crippen LogP contribution in [-0.2, 0) is 14.8 Å². The average Bonchev–Trinajstić information content (AvgIpc) is 2.37. The topological polar surface area (TPSA) is 86.7 Å². The van der Waals surface area contributed by atoms with Gasteiger partial charge in [0.15, 0.2) is 0 Å². The van der Waals surface area contributed by atoms with E-state index in [1.165, 1.54) is 18.2 Å². The van der Waals surface area contributed by atoms with Crippen molar-refractivity contribution in [2.75, 3.05) is 19.6 Å². The smallest absolute Gasteiger partial charge is 0.323 e. The summed E-state index contributed by atoms with van der Waals surface area (Å²) in [6.45, 7) is 0.517. The largest absolute Gasteiger partial charge is 0.480 e. The van der Waals surface area contributed by atoms with Gasteiger partial charge in [-0.2, -0.15) is 4.31 Å². The van der Waals surface area contributed by atoms with E-state index in [0.717, 1.165) is 4.31 Å². The summed E-state index contributed by atoms with van der Waals surface area (Å²) in [5.41, 5.74) is 0. The third-order valence-electron chi connectivity index (χ3n) is 2.92. The van der Waals surface area contributed by atoms with Gasteiger partial charge in [-0.25, -0.2) is 8.42 Å². The summed E-state index contributed by atoms with van der Waals surface area (Å²) >= 11 is 11.6. The summed E-state index contributed by atoms with van der Waals surface area (Å²) in [5, 5.41) is 12.3. The number of sulfonamides is 1. The van der Waals surface area contributed by atoms with Crippen LogP contribution in [0.5, 0.6) is 0 Å². The summed E-state index contributed by atoms with van der Waals surface area (Å²) in [6, 6.07) is 2.77. The van der Waals surface area contributed by atoms with Crippen LogP contribution in [-0.4, -0.2) is 49.5 Å². The minimum Gasteiger partial charge on any atom is -0.480 e. The van der Waals surface area contributed by atoms with Crippen LogP contribution in [0.2, 0.25) is 10.0 Å². The third-order valence-corrected chi connectivity index (χ3v) is 5.24. The molecule has 1 saturated heterocycles. The van der Waals surface area contributed by atoms with Crippen LogP contribution in [0.3, 0.4) is 0 Å². The number of carboxylic acid groups (broad SMARTS) is 1. The maximum atomic E-state index is 12.5. The Balaban J connectivity index is 0.00000220. The molecule has 1 aliphatic rings. The maximum absolute atomic E-state index is 12.5. The zero-order valence-corrected chi connectivity index (χ0v) is 13.8. The number of piperazine rings is 1. The molecule has 0 aliphatic carbocycles. The fraction of sp³-hybridized carbons (Fsp3) is 0.364. The summed E-state index contributed by atoms with van der Waals surface area (Å²) in [7, 11) is -3.96. The predicted molar refractivity (Wildman–Crippen MR) is 81.9 cm³/mol. The Hall–Kier alpha value is -0.570. The summed E-state index contributed by atoms with van der Waals surface area (Å²) in [5.74, 6) is -1.20. The van der Waals surface area contributed by atoms with Gasteiger partial charge < -0.3 is 10.4 Å². The number of rotatable bonds is 3. The molecule has 1 heterocycles. The molecule has 0 aromatic heterocycles. The van der Waals surface area contributed by atoms with Crippen LogP contribution >= 0.6 is 35.6 Å². The van der Waals surface area contributed by atoms with Gasteiger partial charge in [-0.1, -0.05) is 23.2 Å². The molecule has 1 aliphatic heterocycles. The highest BCUT2D eigenvalue weighted by Crippen LogP contribution is 2.26. The van der Waals surface area contributed by atoms with Crippen LogP contribution < -0.4 is 5.32 Å². The Labute approximate surface area is 138 Å². The molecule has 6 nitrogen and oxygen atoms in total. The first kappa shape index (κ1) is 18.5. The van der Waals surface area contributed by atoms with Gasteiger partial charge in [-0.3, -0.25) is 4.79 Å². The van der Waals surface area contributed by atoms with Gasteiger partial charge >= 0.3 is 5.97 Å². The van der Waals surface area contributed by atoms with Crippen molar-refractivity contribution in [1.82, 2.24) is 9.62 Å². The molecule has 1 fully saturated rings. The molecule has 0 radical (unpaired) electrons. The maximum Gasteiger partial charge on any atom is 0.323 e. The molecule has 0 spiro atoms. The zero-order chi connectivity index (χ0) is 14.9. The van der Waals surface area contributed by atoms with Crippen LogP contribution in [0.15, 0.2) is 23.1 Å². The van der Waals surface area contributed by atoms with Gasteiger partial charge in [-0.15, -0.1) is 12.4 Å². The number of carbonyl (C=O) groups is 1. The summed E-state index contributed by atoms with van der Waals surface area (Å²) in [4.78, 5) is 11.1. The van der Waals surface area contributed by atoms with E-state index in [0.29, 0.717) is 6.54 Å². The van der Waals surface area contributed by atoms with E-state index in [4.69, 9.17) is 28.3 Å². The van der Waals surface area contributed by atoms with Crippen LogP contribution in [0.25, 0.3) is 0 Å². The lowest BCUT2D eigenvalue weighted by Crippen LogP contribution is -2.56. The monoisotopic (exact) mass is 374 g/mol. The van der Waals surface area contributed by atoms with E-state index in [-0.39, 0.29) is 40.4 Å². The standard InChI is InChI=1S/C11H12Cl2N2O4S.ClH/c12-7-3-8(13)5-9(4-7)20(18,19)15-2-1-14-6-10(15)11(16)17;/h3-5,10,14H,1-2,6H2,(H,16,17);1H/t10-;/m0./s1. The SMILES string of the molecule is Cl.O=C(O)[C@@H]1CNCCN1S(=O)(=O)c1cc(Cl)cc(Cl)c1. The average molecular weight is 376 g/mol. The van der Waals surface area contributed by atoms with E-state index < -0.39 is 22.0 Å². The second-order valence-electron chi connectivity index (χ2n) is 4.28. The van der Waals surface area contributed by atoms with Crippen molar-refractivity contribution >= 4 is 51.6 Å². The first-order valence-corrected chi connectivity index (χ1v) is 7.93. The van der Waals surface area contributed by atoms with Crippen molar-refractivity contribution in [3.05, 3.63) is 28.2 Å². The molecule has 0 amide bonds. The molecular weight excluding hydrogens is 363 g/mol. The van der Waals surface area contributed by atoms with Gasteiger partial charge in [0.25, 0.3) is 0 Å². The molecule has 21 heavy (non-hydrogen) atoms. The van der Waals surface area contributed by atoms with Gasteiger partial charge in [0.2, 0.25) is 10.0 Å². The van der Waals surface area contributed by atoms with Gasteiger partial charge in [-0.05, 0) is 18.2 Å². The molecule has 0 unspecified atom stereocenters. The minimum atomic E-state index is -3.96. The molecular formula is C11H13Cl3N2O4S. The molecule has 0 bridgehead atoms. The predicted octanol–water partition coefficient (Wildman–Crippen LogP) is 1.46. The van der Waals surface area contributed by atoms with E-state index in [9.17, 15) is 13.2 Å². The lowest BCUT2D eigenvalue weighted by molar-refractivity contribution is -0.141. The van der Waals surface area contributed by atoms with Crippen molar-refractivity contribution < 1.29 is 18.3 Å². The van der Waals surface area contributed by atoms with E-state index >= 15 is 0 Å². The fourth-order valence-corrected chi connectivity index (χ4v) is 4.31. The van der Waals surface area contributed by atoms with Gasteiger partial charge in [0.1, 0.15) is 6.04 Å². The molecule has 10 heteroatoms. The number of hydrogen-bond donors (Lipinski definition) is 2. The molecule has 2 N–H and O–H groups in total. The second-order valence-corrected chi connectivity index (χ2v) is 7.04. The van der Waals surface area contributed by atoms with Crippen LogP contribution in [0.1, 0.15) is 0 Å². The Morgan fingerprint density at radius 3 is 2.38 bits per heavy atom. The zero-order valence-electron chi connectivity index (χ0n) is 10.6. The highest BCUT2D eigenvalue weighted by atomic mass is 35.5. The van der Waals surface area contributed by atoms with Crippen LogP contribution in [0.4, 0.5) is 0 Å². The number of halogens is 3. The molecule has 0 saturated carbocycles. The van der Waals surface area contributed by atoms with Gasteiger partial charge in [0, 0.05) is 29.7 Å². The highest BCUT2D eigenvalue weighted by Gasteiger charge is 2.37. The van der Waals surface area contributed by atoms with Crippen molar-refractivity contribution in [3.8, 4) is 0 Å². The molecule has 1 aromatic carbocycles. The number of nitrogens with one attached hydrogen (secondary N) is 1. The molecule has 1 aromatic rings. The van der Waals surface area contributed by atoms with Crippen molar-refractivity contribution in [2.24, 2.45) is 0 Å². The highest BCUT2D eigenvalue weighted by molar-refractivity contribution is 7.89. The lowest BCUT2D eigenvalue weighted by Gasteiger charge is -2.32. The van der Waals surface area contributed by atoms with E-state index in [1.54, 1.807) is 0 Å². The normalized spacial score (nSPS) is 19.8. The number of aliphatic carboxylic acids is 1. The number of hydrogen-bond acceptors (Lipinski definition) is 4. The van der Waals surface area contributed by atoms with Crippen molar-refractivity contribution in [1.29, 1.82) is 0 Å². The fourth-order valence-electron chi connectivity index (χ4n) is 2.00. The molecule has 118 valence electrons. The van der Waals surface area contributed by atoms with Crippen LogP contribution in [0, 0.1) is 0 Å². The Bertz CT molecular complexity index is 618. The first-order valence-electron chi connectivity index (χ1n) is 5.74. The summed E-state index contributed by atoms with van der Waals surface area (Å²) in [6.07, 6.45) is 0. The number of nitrogens with zero attached hydrogens (tertiary/aromatic N) is 1. The Kier molecular flexibility index (Phi) is 6.27. The molecule has 2 rings (SSSR count). The lowest BCUT2D eigenvalue weighted by atomic mass is 10.2. The van der Waals surface area contributed by atoms with E-state index in [2.05, 4.69) is 5.32 Å². The second kappa shape index (κ2) is 7.13. The van der Waals surface area contributed by atoms with Crippen molar-refractivity contribution in [2.45, 2.75) is 10.9 Å².